The number of fused-ring (bicyclic) bond motifs is 1. The first-order chi connectivity index (χ1) is 18.1. The number of nitrogens with zero attached hydrogens (tertiary/aromatic N) is 5. The van der Waals surface area contributed by atoms with Crippen LogP contribution in [0.15, 0.2) is 89.9 Å². The van der Waals surface area contributed by atoms with Gasteiger partial charge in [0.05, 0.1) is 12.7 Å². The first kappa shape index (κ1) is 23.9. The van der Waals surface area contributed by atoms with E-state index in [9.17, 15) is 4.79 Å². The molecule has 1 saturated heterocycles. The predicted molar refractivity (Wildman–Crippen MR) is 148 cm³/mol. The van der Waals surface area contributed by atoms with Crippen molar-refractivity contribution in [1.29, 1.82) is 0 Å². The second kappa shape index (κ2) is 10.1. The second-order valence-electron chi connectivity index (χ2n) is 9.40. The van der Waals surface area contributed by atoms with E-state index in [1.165, 1.54) is 10.1 Å². The summed E-state index contributed by atoms with van der Waals surface area (Å²) in [6.07, 6.45) is 3.86. The lowest BCUT2D eigenvalue weighted by Crippen LogP contribution is -2.36. The Bertz CT molecular complexity index is 1590. The molecule has 6 rings (SSSR count). The summed E-state index contributed by atoms with van der Waals surface area (Å²) < 4.78 is 2.97. The number of likely N-dealkylation sites (tertiary alicyclic amines) is 1. The third kappa shape index (κ3) is 4.80. The zero-order chi connectivity index (χ0) is 25.4. The Kier molecular flexibility index (Phi) is 6.55. The van der Waals surface area contributed by atoms with Crippen molar-refractivity contribution in [3.05, 3.63) is 111 Å². The highest BCUT2D eigenvalue weighted by Crippen LogP contribution is 2.35. The Morgan fingerprint density at radius 1 is 0.865 bits per heavy atom. The minimum absolute atomic E-state index is 0.234. The van der Waals surface area contributed by atoms with E-state index < -0.39 is 0 Å². The predicted octanol–water partition coefficient (Wildman–Crippen LogP) is 6.20. The molecule has 5 aromatic rings. The number of rotatable bonds is 6. The van der Waals surface area contributed by atoms with Crippen molar-refractivity contribution in [2.75, 3.05) is 6.54 Å². The molecule has 186 valence electrons. The fraction of sp³-hybridized carbons (Fsp3) is 0.207. The molecule has 1 atom stereocenters. The molecule has 3 heterocycles. The molecule has 37 heavy (non-hydrogen) atoms. The number of halogens is 2. The van der Waals surface area contributed by atoms with Gasteiger partial charge in [-0.05, 0) is 60.3 Å². The molecule has 0 spiro atoms. The molecule has 1 fully saturated rings. The number of aromatic nitrogens is 4. The molecule has 0 N–H and O–H groups in total. The van der Waals surface area contributed by atoms with Gasteiger partial charge in [0, 0.05) is 33.8 Å². The minimum Gasteiger partial charge on any atom is -0.294 e. The van der Waals surface area contributed by atoms with Gasteiger partial charge in [0.25, 0.3) is 0 Å². The summed E-state index contributed by atoms with van der Waals surface area (Å²) in [4.78, 5) is 15.9. The van der Waals surface area contributed by atoms with Gasteiger partial charge in [-0.15, -0.1) is 5.10 Å². The molecule has 8 heteroatoms. The van der Waals surface area contributed by atoms with Gasteiger partial charge >= 0.3 is 5.69 Å². The third-order valence-corrected chi connectivity index (χ3v) is 7.52. The largest absolute Gasteiger partial charge is 0.367 e. The number of benzene rings is 3. The van der Waals surface area contributed by atoms with Crippen molar-refractivity contribution in [3.63, 3.8) is 0 Å². The van der Waals surface area contributed by atoms with E-state index in [1.807, 2.05) is 54.6 Å². The van der Waals surface area contributed by atoms with Crippen molar-refractivity contribution in [2.24, 2.45) is 0 Å². The van der Waals surface area contributed by atoms with Gasteiger partial charge in [-0.2, -0.15) is 9.61 Å². The Hall–Kier alpha value is -3.45. The summed E-state index contributed by atoms with van der Waals surface area (Å²) in [6.45, 7) is 2.39. The van der Waals surface area contributed by atoms with Crippen molar-refractivity contribution in [2.45, 2.75) is 32.0 Å². The molecule has 0 saturated carbocycles. The maximum Gasteiger partial charge on any atom is 0.367 e. The Morgan fingerprint density at radius 2 is 1.54 bits per heavy atom. The van der Waals surface area contributed by atoms with E-state index >= 15 is 0 Å². The normalized spacial score (nSPS) is 16.0. The van der Waals surface area contributed by atoms with E-state index in [2.05, 4.69) is 34.3 Å². The van der Waals surface area contributed by atoms with E-state index in [1.54, 1.807) is 10.9 Å². The van der Waals surface area contributed by atoms with Crippen molar-refractivity contribution < 1.29 is 0 Å². The van der Waals surface area contributed by atoms with Crippen molar-refractivity contribution >= 4 is 28.8 Å². The van der Waals surface area contributed by atoms with E-state index in [4.69, 9.17) is 28.3 Å². The van der Waals surface area contributed by atoms with Gasteiger partial charge in [-0.25, -0.2) is 9.48 Å². The van der Waals surface area contributed by atoms with Crippen LogP contribution >= 0.6 is 23.2 Å². The first-order valence-corrected chi connectivity index (χ1v) is 13.1. The third-order valence-electron chi connectivity index (χ3n) is 7.01. The molecule has 0 aliphatic carbocycles. The average Bonchev–Trinajstić information content (AvgIpc) is 3.49. The summed E-state index contributed by atoms with van der Waals surface area (Å²) in [6, 6.07) is 25.8. The maximum absolute atomic E-state index is 13.5. The van der Waals surface area contributed by atoms with Crippen LogP contribution in [0.5, 0.6) is 0 Å². The van der Waals surface area contributed by atoms with Crippen molar-refractivity contribution in [1.82, 2.24) is 24.3 Å². The fourth-order valence-electron chi connectivity index (χ4n) is 5.16. The molecule has 1 unspecified atom stereocenters. The second-order valence-corrected chi connectivity index (χ2v) is 10.3. The molecule has 0 amide bonds. The summed E-state index contributed by atoms with van der Waals surface area (Å²) in [5.41, 5.74) is 5.11. The lowest BCUT2D eigenvalue weighted by Gasteiger charge is -2.24. The van der Waals surface area contributed by atoms with E-state index in [0.717, 1.165) is 48.2 Å². The average molecular weight is 530 g/mol. The highest BCUT2D eigenvalue weighted by atomic mass is 35.5. The Balaban J connectivity index is 1.42. The van der Waals surface area contributed by atoms with E-state index in [-0.39, 0.29) is 11.7 Å². The van der Waals surface area contributed by atoms with Crippen LogP contribution in [-0.4, -0.2) is 36.9 Å². The van der Waals surface area contributed by atoms with Gasteiger partial charge in [-0.1, -0.05) is 77.8 Å². The monoisotopic (exact) mass is 529 g/mol. The SMILES string of the molecule is O=c1n(CC2CCCN2Cc2ccccc2)nc2c(-c3ccc(Cl)cc3)c(-c3ccc(Cl)cc3)cnn12. The van der Waals surface area contributed by atoms with Crippen LogP contribution in [0.1, 0.15) is 18.4 Å². The number of hydrogen-bond acceptors (Lipinski definition) is 4. The molecule has 0 bridgehead atoms. The standard InChI is InChI=1S/C29H25Cl2N5O/c30-23-12-8-21(9-13-23)26-17-32-36-28(27(26)22-10-14-24(31)15-11-22)33-35(29(36)37)19-25-7-4-16-34(25)18-20-5-2-1-3-6-20/h1-3,5-6,8-15,17,25H,4,7,16,18-19H2. The van der Waals surface area contributed by atoms with Gasteiger partial charge in [0.15, 0.2) is 5.65 Å². The minimum atomic E-state index is -0.237. The van der Waals surface area contributed by atoms with Crippen LogP contribution in [0.3, 0.4) is 0 Å². The zero-order valence-corrected chi connectivity index (χ0v) is 21.6. The maximum atomic E-state index is 13.5. The quantitative estimate of drug-likeness (QED) is 0.263. The molecular weight excluding hydrogens is 505 g/mol. The van der Waals surface area contributed by atoms with Crippen LogP contribution in [-0.2, 0) is 13.1 Å². The van der Waals surface area contributed by atoms with Crippen molar-refractivity contribution in [3.8, 4) is 22.3 Å². The van der Waals surface area contributed by atoms with Gasteiger partial charge in [0.2, 0.25) is 0 Å². The lowest BCUT2D eigenvalue weighted by atomic mass is 9.97. The van der Waals surface area contributed by atoms with Gasteiger partial charge < -0.3 is 0 Å². The molecule has 3 aromatic carbocycles. The Morgan fingerprint density at radius 3 is 2.24 bits per heavy atom. The highest BCUT2D eigenvalue weighted by Gasteiger charge is 2.27. The molecule has 6 nitrogen and oxygen atoms in total. The molecule has 2 aromatic heterocycles. The van der Waals surface area contributed by atoms with Gasteiger partial charge in [-0.3, -0.25) is 4.90 Å². The topological polar surface area (TPSA) is 55.4 Å². The van der Waals surface area contributed by atoms with E-state index in [0.29, 0.717) is 22.2 Å². The molecular formula is C29H25Cl2N5O. The summed E-state index contributed by atoms with van der Waals surface area (Å²) in [7, 11) is 0. The van der Waals surface area contributed by atoms with Gasteiger partial charge in [0.1, 0.15) is 0 Å². The van der Waals surface area contributed by atoms with Crippen LogP contribution in [0.4, 0.5) is 0 Å². The fourth-order valence-corrected chi connectivity index (χ4v) is 5.41. The Labute approximate surface area is 224 Å². The van der Waals surface area contributed by atoms with Crippen LogP contribution in [0.25, 0.3) is 27.9 Å². The first-order valence-electron chi connectivity index (χ1n) is 12.4. The van der Waals surface area contributed by atoms with Crippen LogP contribution in [0, 0.1) is 0 Å². The summed E-state index contributed by atoms with van der Waals surface area (Å²) in [5.74, 6) is 0. The number of hydrogen-bond donors (Lipinski definition) is 0. The summed E-state index contributed by atoms with van der Waals surface area (Å²) >= 11 is 12.3. The molecule has 1 aliphatic heterocycles. The van der Waals surface area contributed by atoms with Crippen LogP contribution in [0.2, 0.25) is 10.0 Å². The zero-order valence-electron chi connectivity index (χ0n) is 20.1. The smallest absolute Gasteiger partial charge is 0.294 e. The van der Waals surface area contributed by atoms with Crippen LogP contribution < -0.4 is 5.69 Å². The lowest BCUT2D eigenvalue weighted by molar-refractivity contribution is 0.217. The highest BCUT2D eigenvalue weighted by molar-refractivity contribution is 6.31. The molecule has 0 radical (unpaired) electrons. The molecule has 1 aliphatic rings. The summed E-state index contributed by atoms with van der Waals surface area (Å²) in [5, 5.41) is 10.7.